The Morgan fingerprint density at radius 2 is 1.74 bits per heavy atom. The van der Waals surface area contributed by atoms with Crippen molar-refractivity contribution < 1.29 is 4.79 Å². The molecule has 6 heteroatoms. The number of hydrogen-bond donors (Lipinski definition) is 2. The molecule has 1 aliphatic rings. The van der Waals surface area contributed by atoms with E-state index in [2.05, 4.69) is 81.9 Å². The van der Waals surface area contributed by atoms with Gasteiger partial charge in [0.05, 0.1) is 16.6 Å². The van der Waals surface area contributed by atoms with E-state index in [1.54, 1.807) is 0 Å². The lowest BCUT2D eigenvalue weighted by molar-refractivity contribution is 0.112. The van der Waals surface area contributed by atoms with Crippen LogP contribution >= 0.6 is 12.2 Å². The first-order valence-electron chi connectivity index (χ1n) is 14.4. The van der Waals surface area contributed by atoms with Crippen LogP contribution in [0.15, 0.2) is 97.2 Å². The molecule has 6 aromatic rings. The Morgan fingerprint density at radius 1 is 0.952 bits per heavy atom. The second-order valence-electron chi connectivity index (χ2n) is 10.8. The van der Waals surface area contributed by atoms with E-state index in [0.717, 1.165) is 70.0 Å². The van der Waals surface area contributed by atoms with Gasteiger partial charge in [0, 0.05) is 50.9 Å². The average Bonchev–Trinajstić information content (AvgIpc) is 3.68. The lowest BCUT2D eigenvalue weighted by atomic mass is 9.99. The zero-order valence-electron chi connectivity index (χ0n) is 23.9. The number of para-hydroxylation sites is 2. The Balaban J connectivity index is 0.00000101. The van der Waals surface area contributed by atoms with Crippen molar-refractivity contribution in [2.24, 2.45) is 5.92 Å². The maximum atomic E-state index is 11.9. The summed E-state index contributed by atoms with van der Waals surface area (Å²) in [6.45, 7) is 0. The van der Waals surface area contributed by atoms with Crippen molar-refractivity contribution in [3.8, 4) is 16.8 Å². The molecule has 1 fully saturated rings. The Hall–Kier alpha value is -4.39. The van der Waals surface area contributed by atoms with Crippen molar-refractivity contribution >= 4 is 62.3 Å². The van der Waals surface area contributed by atoms with Crippen molar-refractivity contribution in [2.75, 3.05) is 19.4 Å². The van der Waals surface area contributed by atoms with Gasteiger partial charge in [0.15, 0.2) is 6.29 Å². The van der Waals surface area contributed by atoms with Gasteiger partial charge in [0.1, 0.15) is 0 Å². The van der Waals surface area contributed by atoms with Gasteiger partial charge in [-0.15, -0.1) is 0 Å². The number of carbonyl (C=O) groups is 1. The monoisotopic (exact) mass is 570 g/mol. The third-order valence-corrected chi connectivity index (χ3v) is 8.18. The van der Waals surface area contributed by atoms with Gasteiger partial charge in [-0.25, -0.2) is 0 Å². The summed E-state index contributed by atoms with van der Waals surface area (Å²) >= 11 is 5.01. The molecule has 0 spiro atoms. The first-order chi connectivity index (χ1) is 20.7. The second kappa shape index (κ2) is 12.2. The normalized spacial score (nSPS) is 15.8. The van der Waals surface area contributed by atoms with Gasteiger partial charge in [-0.05, 0) is 92.7 Å². The molecule has 2 atom stereocenters. The number of aldehydes is 1. The highest BCUT2D eigenvalue weighted by Crippen LogP contribution is 2.41. The predicted octanol–water partition coefficient (Wildman–Crippen LogP) is 8.23. The molecule has 2 N–H and O–H groups in total. The number of pyridine rings is 1. The van der Waals surface area contributed by atoms with Gasteiger partial charge < -0.3 is 15.2 Å². The third-order valence-electron chi connectivity index (χ3n) is 7.94. The minimum atomic E-state index is 0.388. The maximum absolute atomic E-state index is 11.9. The summed E-state index contributed by atoms with van der Waals surface area (Å²) in [6, 6.07) is 31.9. The largest absolute Gasteiger partial charge is 0.381 e. The van der Waals surface area contributed by atoms with E-state index < -0.39 is 0 Å². The van der Waals surface area contributed by atoms with Crippen LogP contribution in [0.2, 0.25) is 0 Å². The van der Waals surface area contributed by atoms with Crippen LogP contribution in [0, 0.1) is 5.92 Å². The zero-order chi connectivity index (χ0) is 29.1. The van der Waals surface area contributed by atoms with Crippen molar-refractivity contribution in [3.63, 3.8) is 0 Å². The highest BCUT2D eigenvalue weighted by molar-refractivity contribution is 7.78. The molecule has 210 valence electrons. The van der Waals surface area contributed by atoms with Crippen molar-refractivity contribution in [1.82, 2.24) is 14.9 Å². The maximum Gasteiger partial charge on any atom is 0.152 e. The topological polar surface area (TPSA) is 59.0 Å². The van der Waals surface area contributed by atoms with Gasteiger partial charge in [0.25, 0.3) is 0 Å². The van der Waals surface area contributed by atoms with Crippen LogP contribution in [0.25, 0.3) is 49.5 Å². The number of rotatable bonds is 8. The molecule has 0 saturated heterocycles. The van der Waals surface area contributed by atoms with Crippen molar-refractivity contribution in [1.29, 1.82) is 0 Å². The van der Waals surface area contributed by atoms with E-state index >= 15 is 0 Å². The summed E-state index contributed by atoms with van der Waals surface area (Å²) < 4.78 is 2.30. The van der Waals surface area contributed by atoms with E-state index in [1.807, 2.05) is 49.9 Å². The number of aromatic nitrogens is 2. The van der Waals surface area contributed by atoms with Crippen LogP contribution < -0.4 is 10.6 Å². The smallest absolute Gasteiger partial charge is 0.152 e. The number of anilines is 1. The molecule has 2 unspecified atom stereocenters. The summed E-state index contributed by atoms with van der Waals surface area (Å²) in [4.78, 5) is 16.7. The fourth-order valence-corrected chi connectivity index (χ4v) is 6.03. The minimum Gasteiger partial charge on any atom is -0.381 e. The summed E-state index contributed by atoms with van der Waals surface area (Å²) in [7, 11) is 3.75. The average molecular weight is 571 g/mol. The summed E-state index contributed by atoms with van der Waals surface area (Å²) in [5.74, 6) is 0.610. The van der Waals surface area contributed by atoms with Crippen LogP contribution in [-0.4, -0.2) is 41.3 Å². The van der Waals surface area contributed by atoms with Gasteiger partial charge >= 0.3 is 0 Å². The van der Waals surface area contributed by atoms with E-state index in [0.29, 0.717) is 17.5 Å². The van der Waals surface area contributed by atoms with E-state index in [9.17, 15) is 4.79 Å². The Labute approximate surface area is 251 Å². The number of nitrogens with one attached hydrogen (secondary N) is 2. The van der Waals surface area contributed by atoms with Crippen LogP contribution in [0.4, 0.5) is 5.69 Å². The number of nitrogens with zero attached hydrogens (tertiary/aromatic N) is 2. The molecular weight excluding hydrogens is 536 g/mol. The number of hydrogen-bond acceptors (Lipinski definition) is 5. The lowest BCUT2D eigenvalue weighted by Crippen LogP contribution is -2.08. The molecule has 0 radical (unpaired) electrons. The van der Waals surface area contributed by atoms with Gasteiger partial charge in [0.2, 0.25) is 0 Å². The highest BCUT2D eigenvalue weighted by Gasteiger charge is 2.36. The SMILES string of the molecule is CNC.O=Cc1ccc(-n2c3ccccc3c3c(-c4cnc5ccccc5c4)cccc32)cc1NC1CC1CCC=S. The molecule has 7 rings (SSSR count). The first kappa shape index (κ1) is 27.8. The fourth-order valence-electron chi connectivity index (χ4n) is 5.89. The number of fused-ring (bicyclic) bond motifs is 4. The van der Waals surface area contributed by atoms with Gasteiger partial charge in [-0.3, -0.25) is 9.78 Å². The second-order valence-corrected chi connectivity index (χ2v) is 11.2. The van der Waals surface area contributed by atoms with Crippen LogP contribution in [0.1, 0.15) is 29.6 Å². The standard InChI is InChI=1S/C34H27N3OS.C2H7N/c38-21-24-14-15-26(19-31(24)36-30-18-23(30)8-6-16-39)37-32-12-4-2-9-28(32)34-27(10-5-13-33(34)37)25-17-22-7-1-3-11-29(22)35-20-25;1-3-2/h1-5,7,9-17,19-21,23,30,36H,6,8,18H2;3H,1-2H3. The van der Waals surface area contributed by atoms with Crippen LogP contribution in [-0.2, 0) is 0 Å². The summed E-state index contributed by atoms with van der Waals surface area (Å²) in [5, 5.41) is 11.7. The molecule has 2 aromatic heterocycles. The van der Waals surface area contributed by atoms with Gasteiger partial charge in [-0.1, -0.05) is 60.7 Å². The molecule has 5 nitrogen and oxygen atoms in total. The molecule has 1 aliphatic carbocycles. The highest BCUT2D eigenvalue weighted by atomic mass is 32.1. The molecule has 0 amide bonds. The predicted molar refractivity (Wildman–Crippen MR) is 180 cm³/mol. The zero-order valence-corrected chi connectivity index (χ0v) is 24.7. The molecule has 1 saturated carbocycles. The fraction of sp³-hybridized carbons (Fsp3) is 0.194. The minimum absolute atomic E-state index is 0.388. The molecule has 0 bridgehead atoms. The van der Waals surface area contributed by atoms with Crippen molar-refractivity contribution in [2.45, 2.75) is 25.3 Å². The quantitative estimate of drug-likeness (QED) is 0.143. The van der Waals surface area contributed by atoms with Crippen LogP contribution in [0.3, 0.4) is 0 Å². The number of thiocarbonyl (C=S) groups is 1. The number of carbonyl (C=O) groups excluding carboxylic acids is 1. The Kier molecular flexibility index (Phi) is 8.08. The van der Waals surface area contributed by atoms with E-state index in [1.165, 1.54) is 10.8 Å². The first-order valence-corrected chi connectivity index (χ1v) is 14.9. The van der Waals surface area contributed by atoms with Crippen molar-refractivity contribution in [3.05, 3.63) is 103 Å². The Morgan fingerprint density at radius 3 is 2.57 bits per heavy atom. The molecule has 42 heavy (non-hydrogen) atoms. The van der Waals surface area contributed by atoms with Gasteiger partial charge in [-0.2, -0.15) is 0 Å². The Bertz CT molecular complexity index is 1910. The molecule has 4 aromatic carbocycles. The third kappa shape index (κ3) is 5.31. The summed E-state index contributed by atoms with van der Waals surface area (Å²) in [5.41, 5.74) is 8.09. The number of benzene rings is 4. The molecule has 0 aliphatic heterocycles. The molecule has 2 heterocycles. The van der Waals surface area contributed by atoms with E-state index in [-0.39, 0.29) is 0 Å². The summed E-state index contributed by atoms with van der Waals surface area (Å²) in [6.07, 6.45) is 6.08. The molecular formula is C36H34N4OS. The van der Waals surface area contributed by atoms with E-state index in [4.69, 9.17) is 17.2 Å². The van der Waals surface area contributed by atoms with Crippen LogP contribution in [0.5, 0.6) is 0 Å². The lowest BCUT2D eigenvalue weighted by Gasteiger charge is -2.14.